The van der Waals surface area contributed by atoms with Gasteiger partial charge in [0.05, 0.1) is 5.52 Å². The Morgan fingerprint density at radius 3 is 2.76 bits per heavy atom. The fraction of sp³-hybridized carbons (Fsp3) is 0.222. The van der Waals surface area contributed by atoms with Gasteiger partial charge in [0.25, 0.3) is 0 Å². The Bertz CT molecular complexity index is 946. The minimum atomic E-state index is 0.221. The lowest BCUT2D eigenvalue weighted by Gasteiger charge is -2.15. The van der Waals surface area contributed by atoms with Crippen LogP contribution in [0.1, 0.15) is 5.56 Å². The molecule has 1 N–H and O–H groups in total. The van der Waals surface area contributed by atoms with Gasteiger partial charge in [-0.15, -0.1) is 0 Å². The quantitative estimate of drug-likeness (QED) is 0.719. The Morgan fingerprint density at radius 2 is 1.92 bits per heavy atom. The summed E-state index contributed by atoms with van der Waals surface area (Å²) in [7, 11) is 4.00. The molecule has 0 radical (unpaired) electrons. The van der Waals surface area contributed by atoms with Crippen molar-refractivity contribution in [1.82, 2.24) is 9.97 Å². The summed E-state index contributed by atoms with van der Waals surface area (Å²) in [6.07, 6.45) is 0. The molecule has 6 nitrogen and oxygen atoms in total. The lowest BCUT2D eigenvalue weighted by atomic mass is 10.1. The van der Waals surface area contributed by atoms with Crippen LogP contribution in [0.3, 0.4) is 0 Å². The van der Waals surface area contributed by atoms with Crippen LogP contribution in [-0.2, 0) is 6.54 Å². The van der Waals surface area contributed by atoms with Gasteiger partial charge in [-0.2, -0.15) is 0 Å². The molecule has 0 unspecified atom stereocenters. The number of benzene rings is 2. The van der Waals surface area contributed by atoms with Crippen LogP contribution in [0, 0.1) is 0 Å². The molecule has 25 heavy (non-hydrogen) atoms. The number of fused-ring (bicyclic) bond motifs is 2. The van der Waals surface area contributed by atoms with Crippen LogP contribution in [0.4, 0.5) is 11.5 Å². The van der Waals surface area contributed by atoms with E-state index in [9.17, 15) is 0 Å². The van der Waals surface area contributed by atoms with Gasteiger partial charge in [-0.05, 0) is 47.5 Å². The van der Waals surface area contributed by atoms with E-state index in [2.05, 4.69) is 15.3 Å². The molecule has 4 rings (SSSR count). The molecule has 128 valence electrons. The Balaban J connectivity index is 1.65. The van der Waals surface area contributed by atoms with Crippen molar-refractivity contribution in [3.8, 4) is 11.5 Å². The van der Waals surface area contributed by atoms with E-state index in [1.54, 1.807) is 0 Å². The Hall–Kier alpha value is -2.73. The van der Waals surface area contributed by atoms with Crippen molar-refractivity contribution in [2.24, 2.45) is 0 Å². The Labute approximate surface area is 150 Å². The molecule has 0 saturated heterocycles. The summed E-state index contributed by atoms with van der Waals surface area (Å²) in [5.74, 6) is 2.24. The number of ether oxygens (including phenoxy) is 2. The van der Waals surface area contributed by atoms with Gasteiger partial charge < -0.3 is 19.7 Å². The van der Waals surface area contributed by atoms with Gasteiger partial charge >= 0.3 is 0 Å². The Morgan fingerprint density at radius 1 is 1.08 bits per heavy atom. The minimum absolute atomic E-state index is 0.221. The first kappa shape index (κ1) is 15.8. The predicted octanol–water partition coefficient (Wildman–Crippen LogP) is 3.69. The smallest absolute Gasteiger partial charge is 0.231 e. The van der Waals surface area contributed by atoms with E-state index < -0.39 is 0 Å². The third-order valence-electron chi connectivity index (χ3n) is 4.07. The average Bonchev–Trinajstić information content (AvgIpc) is 3.06. The highest BCUT2D eigenvalue weighted by Gasteiger charge is 2.14. The predicted molar refractivity (Wildman–Crippen MR) is 98.8 cm³/mol. The van der Waals surface area contributed by atoms with Gasteiger partial charge in [0.15, 0.2) is 11.5 Å². The average molecular weight is 357 g/mol. The largest absolute Gasteiger partial charge is 0.454 e. The second-order valence-electron chi connectivity index (χ2n) is 5.98. The number of nitrogens with zero attached hydrogens (tertiary/aromatic N) is 3. The number of rotatable bonds is 4. The molecule has 3 aromatic rings. The van der Waals surface area contributed by atoms with E-state index in [-0.39, 0.29) is 12.1 Å². The van der Waals surface area contributed by atoms with E-state index in [1.165, 1.54) is 0 Å². The van der Waals surface area contributed by atoms with Gasteiger partial charge in [0.2, 0.25) is 12.1 Å². The highest BCUT2D eigenvalue weighted by atomic mass is 35.5. The van der Waals surface area contributed by atoms with E-state index in [4.69, 9.17) is 21.1 Å². The molecule has 0 amide bonds. The minimum Gasteiger partial charge on any atom is -0.454 e. The zero-order valence-corrected chi connectivity index (χ0v) is 14.7. The second kappa shape index (κ2) is 6.29. The van der Waals surface area contributed by atoms with Crippen molar-refractivity contribution < 1.29 is 9.47 Å². The van der Waals surface area contributed by atoms with E-state index in [0.29, 0.717) is 12.4 Å². The van der Waals surface area contributed by atoms with Crippen molar-refractivity contribution in [2.45, 2.75) is 6.54 Å². The van der Waals surface area contributed by atoms with Crippen molar-refractivity contribution in [3.05, 3.63) is 47.2 Å². The van der Waals surface area contributed by atoms with Gasteiger partial charge in [-0.25, -0.2) is 9.97 Å². The van der Waals surface area contributed by atoms with Crippen LogP contribution >= 0.6 is 11.6 Å². The van der Waals surface area contributed by atoms with Crippen LogP contribution in [0.5, 0.6) is 11.5 Å². The summed E-state index contributed by atoms with van der Waals surface area (Å²) in [6.45, 7) is 0.858. The number of nitrogens with one attached hydrogen (secondary N) is 1. The summed E-state index contributed by atoms with van der Waals surface area (Å²) >= 11 is 6.08. The standard InChI is InChI=1S/C18H17ClN4O2/c1-23(2)12-4-5-14-13(8-12)17(22-18(19)21-14)20-9-11-3-6-15-16(7-11)25-10-24-15/h3-8H,9-10H2,1-2H3,(H,20,21,22). The van der Waals surface area contributed by atoms with Crippen LogP contribution in [0.25, 0.3) is 10.9 Å². The van der Waals surface area contributed by atoms with Gasteiger partial charge in [-0.3, -0.25) is 0 Å². The van der Waals surface area contributed by atoms with Crippen LogP contribution < -0.4 is 19.7 Å². The summed E-state index contributed by atoms with van der Waals surface area (Å²) < 4.78 is 10.8. The monoisotopic (exact) mass is 356 g/mol. The third-order valence-corrected chi connectivity index (χ3v) is 4.23. The summed E-state index contributed by atoms with van der Waals surface area (Å²) in [5, 5.41) is 4.50. The number of anilines is 2. The highest BCUT2D eigenvalue weighted by molar-refractivity contribution is 6.28. The summed E-state index contributed by atoms with van der Waals surface area (Å²) in [5.41, 5.74) is 2.94. The van der Waals surface area contributed by atoms with Crippen molar-refractivity contribution in [1.29, 1.82) is 0 Å². The molecule has 2 heterocycles. The van der Waals surface area contributed by atoms with E-state index in [0.717, 1.165) is 33.7 Å². The van der Waals surface area contributed by atoms with Crippen molar-refractivity contribution >= 4 is 34.0 Å². The number of halogens is 1. The lowest BCUT2D eigenvalue weighted by molar-refractivity contribution is 0.174. The summed E-state index contributed by atoms with van der Waals surface area (Å²) in [4.78, 5) is 10.7. The highest BCUT2D eigenvalue weighted by Crippen LogP contribution is 2.33. The molecule has 0 bridgehead atoms. The first-order valence-electron chi connectivity index (χ1n) is 7.87. The third kappa shape index (κ3) is 3.13. The normalized spacial score (nSPS) is 12.4. The fourth-order valence-electron chi connectivity index (χ4n) is 2.74. The van der Waals surface area contributed by atoms with Gasteiger partial charge in [0, 0.05) is 31.7 Å². The number of hydrogen-bond donors (Lipinski definition) is 1. The van der Waals surface area contributed by atoms with E-state index >= 15 is 0 Å². The molecule has 1 aliphatic heterocycles. The molecule has 1 aromatic heterocycles. The van der Waals surface area contributed by atoms with Gasteiger partial charge in [-0.1, -0.05) is 6.07 Å². The number of hydrogen-bond acceptors (Lipinski definition) is 6. The molecule has 1 aliphatic rings. The van der Waals surface area contributed by atoms with E-state index in [1.807, 2.05) is 55.4 Å². The first-order chi connectivity index (χ1) is 12.1. The molecule has 0 spiro atoms. The van der Waals surface area contributed by atoms with Crippen LogP contribution in [-0.4, -0.2) is 30.9 Å². The van der Waals surface area contributed by atoms with Crippen LogP contribution in [0.15, 0.2) is 36.4 Å². The molecule has 0 atom stereocenters. The maximum Gasteiger partial charge on any atom is 0.231 e. The van der Waals surface area contributed by atoms with Crippen LogP contribution in [0.2, 0.25) is 5.28 Å². The van der Waals surface area contributed by atoms with Gasteiger partial charge in [0.1, 0.15) is 5.82 Å². The molecular formula is C18H17ClN4O2. The summed E-state index contributed by atoms with van der Waals surface area (Å²) in [6, 6.07) is 11.9. The molecule has 7 heteroatoms. The second-order valence-corrected chi connectivity index (χ2v) is 6.32. The molecule has 0 aliphatic carbocycles. The van der Waals surface area contributed by atoms with Crippen molar-refractivity contribution in [3.63, 3.8) is 0 Å². The first-order valence-corrected chi connectivity index (χ1v) is 8.25. The number of aromatic nitrogens is 2. The van der Waals surface area contributed by atoms with Crippen molar-refractivity contribution in [2.75, 3.05) is 31.1 Å². The lowest BCUT2D eigenvalue weighted by Crippen LogP contribution is -2.09. The molecule has 0 saturated carbocycles. The molecular weight excluding hydrogens is 340 g/mol. The fourth-order valence-corrected chi connectivity index (χ4v) is 2.91. The zero-order valence-electron chi connectivity index (χ0n) is 13.9. The maximum absolute atomic E-state index is 6.08. The maximum atomic E-state index is 6.08. The SMILES string of the molecule is CN(C)c1ccc2nc(Cl)nc(NCc3ccc4c(c3)OCO4)c2c1. The Kier molecular flexibility index (Phi) is 3.97. The molecule has 2 aromatic carbocycles. The zero-order chi connectivity index (χ0) is 17.4. The topological polar surface area (TPSA) is 59.5 Å². The molecule has 0 fully saturated rings.